The van der Waals surface area contributed by atoms with Gasteiger partial charge >= 0.3 is 0 Å². The molecule has 3 aromatic rings. The van der Waals surface area contributed by atoms with Crippen LogP contribution in [0, 0.1) is 0 Å². The first-order valence-corrected chi connectivity index (χ1v) is 10.2. The van der Waals surface area contributed by atoms with E-state index in [2.05, 4.69) is 20.4 Å². The fourth-order valence-corrected chi connectivity index (χ4v) is 2.88. The van der Waals surface area contributed by atoms with Crippen LogP contribution >= 0.6 is 0 Å². The summed E-state index contributed by atoms with van der Waals surface area (Å²) in [6, 6.07) is 9.29. The van der Waals surface area contributed by atoms with E-state index in [9.17, 15) is 13.2 Å². The predicted molar refractivity (Wildman–Crippen MR) is 103 cm³/mol. The molecule has 0 radical (unpaired) electrons. The average molecular weight is 401 g/mol. The molecule has 1 N–H and O–H groups in total. The number of nitrogens with zero attached hydrogens (tertiary/aromatic N) is 4. The molecule has 0 unspecified atom stereocenters. The average Bonchev–Trinajstić information content (AvgIpc) is 3.18. The second-order valence-corrected chi connectivity index (χ2v) is 8.18. The number of carbonyl (C=O) groups is 1. The van der Waals surface area contributed by atoms with E-state index >= 15 is 0 Å². The summed E-state index contributed by atoms with van der Waals surface area (Å²) in [5, 5.41) is 6.68. The molecule has 0 fully saturated rings. The summed E-state index contributed by atoms with van der Waals surface area (Å²) in [5.74, 6) is 0.306. The van der Waals surface area contributed by atoms with E-state index in [0.717, 1.165) is 10.6 Å². The Morgan fingerprint density at radius 3 is 2.54 bits per heavy atom. The van der Waals surface area contributed by atoms with E-state index < -0.39 is 16.1 Å². The second kappa shape index (κ2) is 7.77. The number of pyridine rings is 1. The molecule has 2 aromatic heterocycles. The van der Waals surface area contributed by atoms with Crippen molar-refractivity contribution in [2.24, 2.45) is 0 Å². The zero-order valence-electron chi connectivity index (χ0n) is 15.5. The number of anilines is 1. The molecule has 0 spiro atoms. The van der Waals surface area contributed by atoms with E-state index in [1.807, 2.05) is 0 Å². The molecule has 0 aliphatic carbocycles. The van der Waals surface area contributed by atoms with Crippen LogP contribution in [0.1, 0.15) is 29.2 Å². The Morgan fingerprint density at radius 1 is 1.21 bits per heavy atom. The number of aromatic nitrogens is 3. The summed E-state index contributed by atoms with van der Waals surface area (Å²) in [7, 11) is -1.92. The van der Waals surface area contributed by atoms with Crippen LogP contribution in [0.2, 0.25) is 0 Å². The van der Waals surface area contributed by atoms with Crippen molar-refractivity contribution < 1.29 is 17.7 Å². The fraction of sp³-hybridized carbons (Fsp3) is 0.222. The largest absolute Gasteiger partial charge is 0.341 e. The van der Waals surface area contributed by atoms with E-state index in [-0.39, 0.29) is 11.8 Å². The molecule has 28 heavy (non-hydrogen) atoms. The van der Waals surface area contributed by atoms with Gasteiger partial charge in [0, 0.05) is 30.6 Å². The molecule has 0 saturated heterocycles. The lowest BCUT2D eigenvalue weighted by Crippen LogP contribution is -2.27. The second-order valence-electron chi connectivity index (χ2n) is 6.17. The Hall–Kier alpha value is -3.27. The van der Waals surface area contributed by atoms with Crippen molar-refractivity contribution in [3.05, 3.63) is 60.2 Å². The van der Waals surface area contributed by atoms with Crippen LogP contribution in [0.5, 0.6) is 0 Å². The van der Waals surface area contributed by atoms with Gasteiger partial charge in [0.2, 0.25) is 21.7 Å². The number of nitrogens with one attached hydrogen (secondary N) is 1. The Labute approximate surface area is 162 Å². The highest BCUT2D eigenvalue weighted by molar-refractivity contribution is 7.92. The van der Waals surface area contributed by atoms with Crippen molar-refractivity contribution in [2.75, 3.05) is 17.6 Å². The summed E-state index contributed by atoms with van der Waals surface area (Å²) in [5.41, 5.74) is 1.55. The van der Waals surface area contributed by atoms with Crippen molar-refractivity contribution in [3.8, 4) is 11.4 Å². The van der Waals surface area contributed by atoms with Crippen molar-refractivity contribution in [2.45, 2.75) is 13.0 Å². The van der Waals surface area contributed by atoms with Gasteiger partial charge in [-0.2, -0.15) is 4.98 Å². The van der Waals surface area contributed by atoms with Crippen LogP contribution in [-0.4, -0.2) is 42.8 Å². The topological polar surface area (TPSA) is 118 Å². The standard InChI is InChI=1S/C18H19N5O4S/c1-12(18-21-16(22-27-18)14-5-4-10-19-11-14)20-17(24)13-6-8-15(9-7-13)23(2)28(3,25)26/h4-12H,1-3H3,(H,20,24)/t12-/m1/s1. The predicted octanol–water partition coefficient (Wildman–Crippen LogP) is 2.02. The number of hydrogen-bond donors (Lipinski definition) is 1. The maximum absolute atomic E-state index is 12.4. The van der Waals surface area contributed by atoms with Crippen LogP contribution < -0.4 is 9.62 Å². The van der Waals surface area contributed by atoms with E-state index in [0.29, 0.717) is 22.6 Å². The van der Waals surface area contributed by atoms with Gasteiger partial charge < -0.3 is 9.84 Å². The van der Waals surface area contributed by atoms with Crippen LogP contribution in [0.15, 0.2) is 53.3 Å². The summed E-state index contributed by atoms with van der Waals surface area (Å²) >= 11 is 0. The van der Waals surface area contributed by atoms with Crippen molar-refractivity contribution in [1.29, 1.82) is 0 Å². The van der Waals surface area contributed by atoms with Gasteiger partial charge in [0.1, 0.15) is 6.04 Å². The highest BCUT2D eigenvalue weighted by Gasteiger charge is 2.19. The molecular formula is C18H19N5O4S. The number of hydrogen-bond acceptors (Lipinski definition) is 7. The molecule has 1 atom stereocenters. The molecule has 0 saturated carbocycles. The Kier molecular flexibility index (Phi) is 5.41. The van der Waals surface area contributed by atoms with Gasteiger partial charge in [0.05, 0.1) is 11.9 Å². The minimum Gasteiger partial charge on any atom is -0.341 e. The molecule has 3 rings (SSSR count). The minimum absolute atomic E-state index is 0.264. The van der Waals surface area contributed by atoms with Gasteiger partial charge in [-0.25, -0.2) is 8.42 Å². The third-order valence-electron chi connectivity index (χ3n) is 4.07. The number of benzene rings is 1. The van der Waals surface area contributed by atoms with Crippen molar-refractivity contribution >= 4 is 21.6 Å². The van der Waals surface area contributed by atoms with Crippen LogP contribution in [0.25, 0.3) is 11.4 Å². The van der Waals surface area contributed by atoms with Crippen LogP contribution in [0.3, 0.4) is 0 Å². The monoisotopic (exact) mass is 401 g/mol. The summed E-state index contributed by atoms with van der Waals surface area (Å²) in [6.07, 6.45) is 4.37. The lowest BCUT2D eigenvalue weighted by atomic mass is 10.2. The quantitative estimate of drug-likeness (QED) is 0.671. The van der Waals surface area contributed by atoms with Gasteiger partial charge in [-0.15, -0.1) is 0 Å². The molecule has 2 heterocycles. The minimum atomic E-state index is -3.36. The van der Waals surface area contributed by atoms with E-state index in [1.54, 1.807) is 55.7 Å². The highest BCUT2D eigenvalue weighted by atomic mass is 32.2. The first-order valence-electron chi connectivity index (χ1n) is 8.34. The smallest absolute Gasteiger partial charge is 0.251 e. The lowest BCUT2D eigenvalue weighted by Gasteiger charge is -2.17. The maximum atomic E-state index is 12.4. The zero-order chi connectivity index (χ0) is 20.3. The van der Waals surface area contributed by atoms with Gasteiger partial charge in [-0.1, -0.05) is 5.16 Å². The lowest BCUT2D eigenvalue weighted by molar-refractivity contribution is 0.0932. The van der Waals surface area contributed by atoms with Crippen LogP contribution in [-0.2, 0) is 10.0 Å². The Bertz CT molecular complexity index is 1060. The fourth-order valence-electron chi connectivity index (χ4n) is 2.38. The third-order valence-corrected chi connectivity index (χ3v) is 5.28. The summed E-state index contributed by atoms with van der Waals surface area (Å²) < 4.78 is 29.5. The molecule has 0 aliphatic rings. The molecule has 1 amide bonds. The third kappa shape index (κ3) is 4.34. The maximum Gasteiger partial charge on any atom is 0.251 e. The van der Waals surface area contributed by atoms with Crippen molar-refractivity contribution in [1.82, 2.24) is 20.4 Å². The van der Waals surface area contributed by atoms with Gasteiger partial charge in [-0.3, -0.25) is 14.1 Å². The normalized spacial score (nSPS) is 12.4. The molecular weight excluding hydrogens is 382 g/mol. The molecule has 9 nitrogen and oxygen atoms in total. The number of carbonyl (C=O) groups excluding carboxylic acids is 1. The summed E-state index contributed by atoms with van der Waals surface area (Å²) in [6.45, 7) is 1.73. The molecule has 1 aromatic carbocycles. The summed E-state index contributed by atoms with van der Waals surface area (Å²) in [4.78, 5) is 20.7. The van der Waals surface area contributed by atoms with Crippen LogP contribution in [0.4, 0.5) is 5.69 Å². The number of amides is 1. The first kappa shape index (κ1) is 19.5. The Balaban J connectivity index is 1.68. The number of sulfonamides is 1. The molecule has 10 heteroatoms. The molecule has 0 aliphatic heterocycles. The first-order chi connectivity index (χ1) is 13.3. The van der Waals surface area contributed by atoms with E-state index in [4.69, 9.17) is 4.52 Å². The van der Waals surface area contributed by atoms with Gasteiger partial charge in [-0.05, 0) is 43.3 Å². The van der Waals surface area contributed by atoms with Gasteiger partial charge in [0.15, 0.2) is 0 Å². The zero-order valence-corrected chi connectivity index (χ0v) is 16.3. The molecule has 146 valence electrons. The van der Waals surface area contributed by atoms with E-state index in [1.165, 1.54) is 7.05 Å². The SMILES string of the molecule is C[C@@H](NC(=O)c1ccc(N(C)S(C)(=O)=O)cc1)c1nc(-c2cccnc2)no1. The highest BCUT2D eigenvalue weighted by Crippen LogP contribution is 2.19. The van der Waals surface area contributed by atoms with Gasteiger partial charge in [0.25, 0.3) is 5.91 Å². The Morgan fingerprint density at radius 2 is 1.93 bits per heavy atom. The number of rotatable bonds is 6. The molecule has 0 bridgehead atoms. The van der Waals surface area contributed by atoms with Crippen molar-refractivity contribution in [3.63, 3.8) is 0 Å².